The van der Waals surface area contributed by atoms with E-state index < -0.39 is 5.97 Å². The van der Waals surface area contributed by atoms with Crippen LogP contribution in [0.25, 0.3) is 0 Å². The van der Waals surface area contributed by atoms with Crippen molar-refractivity contribution in [1.82, 2.24) is 0 Å². The highest BCUT2D eigenvalue weighted by atomic mass is 32.2. The molecule has 1 aliphatic rings. The third-order valence-corrected chi connectivity index (χ3v) is 3.54. The molecule has 0 aliphatic carbocycles. The molecule has 1 heterocycles. The number of ether oxygens (including phenoxy) is 1. The number of hydrogen-bond acceptors (Lipinski definition) is 6. The van der Waals surface area contributed by atoms with Crippen molar-refractivity contribution in [2.24, 2.45) is 5.73 Å². The van der Waals surface area contributed by atoms with Gasteiger partial charge in [-0.2, -0.15) is 5.26 Å². The molecule has 6 heteroatoms. The molecule has 102 valence electrons. The lowest BCUT2D eigenvalue weighted by atomic mass is 10.2. The van der Waals surface area contributed by atoms with Gasteiger partial charge in [-0.15, -0.1) is 0 Å². The maximum atomic E-state index is 11.8. The van der Waals surface area contributed by atoms with E-state index in [0.29, 0.717) is 10.9 Å². The number of thioether (sulfide) groups is 1. The van der Waals surface area contributed by atoms with E-state index in [2.05, 4.69) is 0 Å². The Hall–Kier alpha value is -2.39. The fourth-order valence-electron chi connectivity index (χ4n) is 1.74. The number of benzene rings is 1. The first-order valence-corrected chi connectivity index (χ1v) is 6.86. The SMILES string of the molecule is CCOC(=O)/C(C#N)=C1\SC=C(N)N1c1ccccc1. The number of esters is 1. The molecule has 1 aromatic rings. The number of anilines is 1. The second-order valence-corrected chi connectivity index (χ2v) is 4.70. The van der Waals surface area contributed by atoms with Crippen LogP contribution in [-0.4, -0.2) is 12.6 Å². The molecule has 0 saturated heterocycles. The van der Waals surface area contributed by atoms with Crippen molar-refractivity contribution in [2.45, 2.75) is 6.92 Å². The maximum Gasteiger partial charge on any atom is 0.351 e. The summed E-state index contributed by atoms with van der Waals surface area (Å²) in [6.45, 7) is 1.91. The zero-order valence-electron chi connectivity index (χ0n) is 10.9. The lowest BCUT2D eigenvalue weighted by molar-refractivity contribution is -0.138. The Bertz CT molecular complexity index is 617. The van der Waals surface area contributed by atoms with Gasteiger partial charge in [0, 0.05) is 11.1 Å². The van der Waals surface area contributed by atoms with E-state index in [4.69, 9.17) is 10.5 Å². The average Bonchev–Trinajstić information content (AvgIpc) is 2.83. The molecule has 2 rings (SSSR count). The summed E-state index contributed by atoms with van der Waals surface area (Å²) >= 11 is 1.24. The average molecular weight is 287 g/mol. The molecule has 0 unspecified atom stereocenters. The van der Waals surface area contributed by atoms with E-state index in [1.165, 1.54) is 11.8 Å². The monoisotopic (exact) mass is 287 g/mol. The van der Waals surface area contributed by atoms with Crippen molar-refractivity contribution in [2.75, 3.05) is 11.5 Å². The van der Waals surface area contributed by atoms with Gasteiger partial charge in [-0.1, -0.05) is 30.0 Å². The van der Waals surface area contributed by atoms with Crippen molar-refractivity contribution in [3.8, 4) is 6.07 Å². The number of carbonyl (C=O) groups excluding carboxylic acids is 1. The van der Waals surface area contributed by atoms with Crippen molar-refractivity contribution < 1.29 is 9.53 Å². The number of nitrogens with two attached hydrogens (primary N) is 1. The normalized spacial score (nSPS) is 16.4. The molecule has 0 spiro atoms. The number of carbonyl (C=O) groups is 1. The van der Waals surface area contributed by atoms with Crippen LogP contribution in [0.4, 0.5) is 5.69 Å². The summed E-state index contributed by atoms with van der Waals surface area (Å²) in [5, 5.41) is 11.4. The van der Waals surface area contributed by atoms with Crippen LogP contribution in [0.3, 0.4) is 0 Å². The molecule has 0 aromatic heterocycles. The van der Waals surface area contributed by atoms with Crippen LogP contribution < -0.4 is 10.6 Å². The molecular formula is C14H13N3O2S. The fraction of sp³-hybridized carbons (Fsp3) is 0.143. The van der Waals surface area contributed by atoms with E-state index in [1.54, 1.807) is 17.2 Å². The molecule has 5 nitrogen and oxygen atoms in total. The predicted molar refractivity (Wildman–Crippen MR) is 78.1 cm³/mol. The van der Waals surface area contributed by atoms with Gasteiger partial charge in [-0.25, -0.2) is 4.79 Å². The Morgan fingerprint density at radius 1 is 1.45 bits per heavy atom. The van der Waals surface area contributed by atoms with E-state index in [-0.39, 0.29) is 12.2 Å². The van der Waals surface area contributed by atoms with Crippen LogP contribution in [0, 0.1) is 11.3 Å². The van der Waals surface area contributed by atoms with Crippen LogP contribution in [0.1, 0.15) is 6.92 Å². The number of rotatable bonds is 3. The first-order valence-electron chi connectivity index (χ1n) is 5.98. The topological polar surface area (TPSA) is 79.3 Å². The molecule has 0 fully saturated rings. The summed E-state index contributed by atoms with van der Waals surface area (Å²) in [7, 11) is 0. The molecule has 2 N–H and O–H groups in total. The molecule has 0 atom stereocenters. The molecule has 20 heavy (non-hydrogen) atoms. The second kappa shape index (κ2) is 6.17. The highest BCUT2D eigenvalue weighted by Crippen LogP contribution is 2.38. The first-order chi connectivity index (χ1) is 9.69. The van der Waals surface area contributed by atoms with Crippen molar-refractivity contribution in [3.63, 3.8) is 0 Å². The summed E-state index contributed by atoms with van der Waals surface area (Å²) in [5.41, 5.74) is 6.68. The van der Waals surface area contributed by atoms with E-state index in [1.807, 2.05) is 36.4 Å². The third kappa shape index (κ3) is 2.63. The second-order valence-electron chi connectivity index (χ2n) is 3.84. The van der Waals surface area contributed by atoms with Gasteiger partial charge in [0.05, 0.1) is 6.61 Å². The number of nitriles is 1. The number of hydrogen-bond donors (Lipinski definition) is 1. The third-order valence-electron chi connectivity index (χ3n) is 2.57. The highest BCUT2D eigenvalue weighted by molar-refractivity contribution is 8.06. The minimum atomic E-state index is -0.637. The summed E-state index contributed by atoms with van der Waals surface area (Å²) in [6.07, 6.45) is 0. The Morgan fingerprint density at radius 3 is 2.75 bits per heavy atom. The Kier molecular flexibility index (Phi) is 4.33. The Balaban J connectivity index is 2.46. The lowest BCUT2D eigenvalue weighted by Crippen LogP contribution is -2.24. The zero-order valence-corrected chi connectivity index (χ0v) is 11.7. The zero-order chi connectivity index (χ0) is 14.5. The summed E-state index contributed by atoms with van der Waals surface area (Å²) in [4.78, 5) is 13.5. The van der Waals surface area contributed by atoms with Gasteiger partial charge in [-0.05, 0) is 19.1 Å². The largest absolute Gasteiger partial charge is 0.462 e. The van der Waals surface area contributed by atoms with Crippen LogP contribution >= 0.6 is 11.8 Å². The molecule has 0 amide bonds. The standard InChI is InChI=1S/C14H13N3O2S/c1-2-19-14(18)11(8-15)13-17(12(16)9-20-13)10-6-4-3-5-7-10/h3-7,9H,2,16H2,1H3/b13-11-. The quantitative estimate of drug-likeness (QED) is 0.522. The minimum Gasteiger partial charge on any atom is -0.462 e. The first kappa shape index (κ1) is 14.0. The van der Waals surface area contributed by atoms with Gasteiger partial charge in [-0.3, -0.25) is 4.90 Å². The van der Waals surface area contributed by atoms with Crippen LogP contribution in [-0.2, 0) is 9.53 Å². The van der Waals surface area contributed by atoms with E-state index in [9.17, 15) is 10.1 Å². The van der Waals surface area contributed by atoms with Gasteiger partial charge in [0.25, 0.3) is 0 Å². The van der Waals surface area contributed by atoms with Gasteiger partial charge in [0.2, 0.25) is 0 Å². The van der Waals surface area contributed by atoms with Gasteiger partial charge in [0.1, 0.15) is 16.9 Å². The van der Waals surface area contributed by atoms with Crippen molar-refractivity contribution in [3.05, 3.63) is 52.2 Å². The summed E-state index contributed by atoms with van der Waals surface area (Å²) in [6, 6.07) is 11.2. The maximum absolute atomic E-state index is 11.8. The predicted octanol–water partition coefficient (Wildman–Crippen LogP) is 2.30. The summed E-state index contributed by atoms with van der Waals surface area (Å²) in [5.74, 6) is -0.172. The van der Waals surface area contributed by atoms with Crippen LogP contribution in [0.2, 0.25) is 0 Å². The van der Waals surface area contributed by atoms with Crippen LogP contribution in [0.5, 0.6) is 0 Å². The molecule has 0 bridgehead atoms. The number of para-hydroxylation sites is 1. The Morgan fingerprint density at radius 2 is 2.15 bits per heavy atom. The van der Waals surface area contributed by atoms with Gasteiger partial charge in [0.15, 0.2) is 5.57 Å². The van der Waals surface area contributed by atoms with Crippen molar-refractivity contribution in [1.29, 1.82) is 5.26 Å². The Labute approximate surface area is 121 Å². The van der Waals surface area contributed by atoms with Crippen LogP contribution in [0.15, 0.2) is 52.2 Å². The van der Waals surface area contributed by atoms with E-state index in [0.717, 1.165) is 5.69 Å². The molecule has 0 radical (unpaired) electrons. The highest BCUT2D eigenvalue weighted by Gasteiger charge is 2.28. The molecule has 0 saturated carbocycles. The van der Waals surface area contributed by atoms with Gasteiger partial charge < -0.3 is 10.5 Å². The minimum absolute atomic E-state index is 0.0441. The van der Waals surface area contributed by atoms with E-state index >= 15 is 0 Å². The molecule has 1 aliphatic heterocycles. The lowest BCUT2D eigenvalue weighted by Gasteiger charge is -2.21. The number of nitrogens with zero attached hydrogens (tertiary/aromatic N) is 2. The van der Waals surface area contributed by atoms with Crippen molar-refractivity contribution >= 4 is 23.4 Å². The fourth-order valence-corrected chi connectivity index (χ4v) is 2.64. The smallest absolute Gasteiger partial charge is 0.351 e. The molecular weight excluding hydrogens is 274 g/mol. The van der Waals surface area contributed by atoms with Gasteiger partial charge >= 0.3 is 5.97 Å². The molecule has 1 aromatic carbocycles. The summed E-state index contributed by atoms with van der Waals surface area (Å²) < 4.78 is 4.90.